The minimum absolute atomic E-state index is 0.111. The zero-order chi connectivity index (χ0) is 53.6. The van der Waals surface area contributed by atoms with Gasteiger partial charge in [0.05, 0.1) is 0 Å². The molecule has 6 nitrogen and oxygen atoms in total. The Labute approximate surface area is 455 Å². The van der Waals surface area contributed by atoms with Crippen LogP contribution in [0.2, 0.25) is 0 Å². The van der Waals surface area contributed by atoms with Gasteiger partial charge >= 0.3 is 17.9 Å². The van der Waals surface area contributed by atoms with Crippen LogP contribution in [0.4, 0.5) is 0 Å². The second kappa shape index (κ2) is 60.8. The van der Waals surface area contributed by atoms with Crippen molar-refractivity contribution in [3.63, 3.8) is 0 Å². The van der Waals surface area contributed by atoms with Crippen molar-refractivity contribution in [3.05, 3.63) is 146 Å². The molecule has 74 heavy (non-hydrogen) atoms. The largest absolute Gasteiger partial charge is 0.462 e. The van der Waals surface area contributed by atoms with E-state index in [1.807, 2.05) is 72.9 Å². The Bertz CT molecular complexity index is 1640. The first-order valence-corrected chi connectivity index (χ1v) is 30.0. The zero-order valence-corrected chi connectivity index (χ0v) is 47.5. The van der Waals surface area contributed by atoms with Crippen molar-refractivity contribution in [2.24, 2.45) is 0 Å². The van der Waals surface area contributed by atoms with Gasteiger partial charge in [-0.15, -0.1) is 0 Å². The summed E-state index contributed by atoms with van der Waals surface area (Å²) in [6.45, 7) is 6.39. The Kier molecular flexibility index (Phi) is 57.0. The van der Waals surface area contributed by atoms with E-state index < -0.39 is 6.10 Å². The molecule has 0 saturated carbocycles. The van der Waals surface area contributed by atoms with Crippen LogP contribution in [0.5, 0.6) is 0 Å². The SMILES string of the molecule is CC\C=C/C=C\C=C/C=C\C=C\C=C/C=C\CCCCCC(=O)OCC(COC(=O)CCCCCCC\C=C/C=C\C=C/CCCCCCC)OC(=O)CCCCCCCCCCCC/C=C\C=C/CCCCC. The van der Waals surface area contributed by atoms with Gasteiger partial charge in [0, 0.05) is 19.3 Å². The van der Waals surface area contributed by atoms with Crippen molar-refractivity contribution in [3.8, 4) is 0 Å². The van der Waals surface area contributed by atoms with E-state index in [1.165, 1.54) is 109 Å². The summed E-state index contributed by atoms with van der Waals surface area (Å²) < 4.78 is 16.8. The van der Waals surface area contributed by atoms with Gasteiger partial charge in [-0.05, 0) is 89.9 Å². The van der Waals surface area contributed by atoms with Crippen molar-refractivity contribution in [2.45, 2.75) is 252 Å². The van der Waals surface area contributed by atoms with Crippen LogP contribution in [0.3, 0.4) is 0 Å². The number of unbranched alkanes of at least 4 members (excludes halogenated alkanes) is 26. The molecule has 0 bridgehead atoms. The molecule has 0 aromatic carbocycles. The predicted molar refractivity (Wildman–Crippen MR) is 320 cm³/mol. The highest BCUT2D eigenvalue weighted by molar-refractivity contribution is 5.71. The standard InChI is InChI=1S/C68H108O6/c1-4-7-10-13-16-19-22-25-28-31-34-37-40-43-46-49-52-55-58-61-67(70)73-64-65(63-72-66(69)60-57-54-51-48-45-42-39-36-33-30-27-24-21-18-15-12-9-6-3)74-68(71)62-59-56-53-50-47-44-41-38-35-32-29-26-23-20-17-14-11-8-5-2/h7,10,13,16-17,19-20,22-28,30-31,33-34,36-37,39-40,43,46,65H,4-6,8-9,11-12,14-15,18,21,29,32,35,38,41-42,44-45,47-64H2,1-3H3/b10-7-,16-13-,20-17-,22-19-,26-23-,27-24-,28-25-,33-30-,34-31+,39-36-,40-37-,46-43-. The highest BCUT2D eigenvalue weighted by atomic mass is 16.6. The quantitative estimate of drug-likeness (QED) is 0.0261. The fourth-order valence-corrected chi connectivity index (χ4v) is 7.83. The lowest BCUT2D eigenvalue weighted by atomic mass is 10.1. The molecule has 0 N–H and O–H groups in total. The summed E-state index contributed by atoms with van der Waals surface area (Å²) >= 11 is 0. The maximum absolute atomic E-state index is 12.9. The number of ether oxygens (including phenoxy) is 3. The zero-order valence-electron chi connectivity index (χ0n) is 47.5. The van der Waals surface area contributed by atoms with Crippen molar-refractivity contribution in [1.29, 1.82) is 0 Å². The Morgan fingerprint density at radius 3 is 0.878 bits per heavy atom. The van der Waals surface area contributed by atoms with Crippen LogP contribution in [0.1, 0.15) is 245 Å². The Hall–Kier alpha value is -4.71. The summed E-state index contributed by atoms with van der Waals surface area (Å²) in [5.74, 6) is -0.981. The third kappa shape index (κ3) is 58.2. The molecule has 0 saturated heterocycles. The fourth-order valence-electron chi connectivity index (χ4n) is 7.83. The van der Waals surface area contributed by atoms with E-state index in [4.69, 9.17) is 14.2 Å². The van der Waals surface area contributed by atoms with E-state index in [1.54, 1.807) is 0 Å². The molecule has 1 unspecified atom stereocenters. The molecule has 0 spiro atoms. The van der Waals surface area contributed by atoms with Gasteiger partial charge in [0.2, 0.25) is 0 Å². The number of hydrogen-bond acceptors (Lipinski definition) is 6. The summed E-state index contributed by atoms with van der Waals surface area (Å²) in [7, 11) is 0. The normalized spacial score (nSPS) is 13.2. The summed E-state index contributed by atoms with van der Waals surface area (Å²) in [4.78, 5) is 38.3. The van der Waals surface area contributed by atoms with Crippen LogP contribution in [0.15, 0.2) is 146 Å². The molecule has 6 heteroatoms. The molecule has 0 aromatic rings. The van der Waals surface area contributed by atoms with E-state index in [2.05, 4.69) is 93.7 Å². The molecule has 0 fully saturated rings. The van der Waals surface area contributed by atoms with E-state index >= 15 is 0 Å². The average molecular weight is 1020 g/mol. The summed E-state index contributed by atoms with van der Waals surface area (Å²) in [6.07, 6.45) is 86.8. The minimum Gasteiger partial charge on any atom is -0.462 e. The number of allylic oxidation sites excluding steroid dienone is 24. The van der Waals surface area contributed by atoms with E-state index in [0.29, 0.717) is 19.3 Å². The topological polar surface area (TPSA) is 78.9 Å². The van der Waals surface area contributed by atoms with Crippen LogP contribution >= 0.6 is 0 Å². The van der Waals surface area contributed by atoms with E-state index in [-0.39, 0.29) is 31.1 Å². The monoisotopic (exact) mass is 1020 g/mol. The molecular weight excluding hydrogens is 913 g/mol. The van der Waals surface area contributed by atoms with Gasteiger partial charge in [-0.3, -0.25) is 14.4 Å². The van der Waals surface area contributed by atoms with Gasteiger partial charge in [-0.1, -0.05) is 282 Å². The number of rotatable bonds is 52. The van der Waals surface area contributed by atoms with Crippen molar-refractivity contribution < 1.29 is 28.6 Å². The third-order valence-electron chi connectivity index (χ3n) is 12.3. The summed E-state index contributed by atoms with van der Waals surface area (Å²) in [6, 6.07) is 0. The fraction of sp³-hybridized carbons (Fsp3) is 0.603. The molecule has 0 rings (SSSR count). The second-order valence-corrected chi connectivity index (χ2v) is 19.4. The van der Waals surface area contributed by atoms with E-state index in [9.17, 15) is 14.4 Å². The molecular formula is C68H108O6. The van der Waals surface area contributed by atoms with Crippen molar-refractivity contribution in [1.82, 2.24) is 0 Å². The first-order valence-electron chi connectivity index (χ1n) is 30.0. The first kappa shape index (κ1) is 69.3. The highest BCUT2D eigenvalue weighted by Crippen LogP contribution is 2.15. The third-order valence-corrected chi connectivity index (χ3v) is 12.3. The van der Waals surface area contributed by atoms with Gasteiger partial charge in [0.25, 0.3) is 0 Å². The lowest BCUT2D eigenvalue weighted by Crippen LogP contribution is -2.30. The Morgan fingerprint density at radius 1 is 0.284 bits per heavy atom. The molecule has 0 amide bonds. The molecule has 416 valence electrons. The predicted octanol–water partition coefficient (Wildman–Crippen LogP) is 20.4. The lowest BCUT2D eigenvalue weighted by molar-refractivity contribution is -0.167. The molecule has 0 aromatic heterocycles. The van der Waals surface area contributed by atoms with Crippen LogP contribution in [-0.2, 0) is 28.6 Å². The number of carbonyl (C=O) groups is 3. The van der Waals surface area contributed by atoms with Gasteiger partial charge in [0.15, 0.2) is 6.10 Å². The molecule has 0 aliphatic carbocycles. The smallest absolute Gasteiger partial charge is 0.306 e. The van der Waals surface area contributed by atoms with Crippen LogP contribution in [0, 0.1) is 0 Å². The van der Waals surface area contributed by atoms with Crippen molar-refractivity contribution in [2.75, 3.05) is 13.2 Å². The molecule has 1 atom stereocenters. The van der Waals surface area contributed by atoms with Crippen molar-refractivity contribution >= 4 is 17.9 Å². The number of hydrogen-bond donors (Lipinski definition) is 0. The Morgan fingerprint density at radius 2 is 0.527 bits per heavy atom. The van der Waals surface area contributed by atoms with Crippen LogP contribution in [0.25, 0.3) is 0 Å². The number of esters is 3. The van der Waals surface area contributed by atoms with Gasteiger partial charge in [-0.2, -0.15) is 0 Å². The minimum atomic E-state index is -0.816. The lowest BCUT2D eigenvalue weighted by Gasteiger charge is -2.18. The molecule has 0 heterocycles. The molecule has 0 aliphatic heterocycles. The molecule has 0 radical (unpaired) electrons. The van der Waals surface area contributed by atoms with E-state index in [0.717, 1.165) is 96.3 Å². The average Bonchev–Trinajstić information content (AvgIpc) is 3.40. The molecule has 0 aliphatic rings. The van der Waals surface area contributed by atoms with Gasteiger partial charge in [0.1, 0.15) is 13.2 Å². The highest BCUT2D eigenvalue weighted by Gasteiger charge is 2.19. The number of carbonyl (C=O) groups excluding carboxylic acids is 3. The van der Waals surface area contributed by atoms with Gasteiger partial charge in [-0.25, -0.2) is 0 Å². The van der Waals surface area contributed by atoms with Crippen LogP contribution in [-0.4, -0.2) is 37.2 Å². The maximum Gasteiger partial charge on any atom is 0.306 e. The summed E-state index contributed by atoms with van der Waals surface area (Å²) in [5.41, 5.74) is 0. The van der Waals surface area contributed by atoms with Gasteiger partial charge < -0.3 is 14.2 Å². The Balaban J connectivity index is 4.56. The second-order valence-electron chi connectivity index (χ2n) is 19.4. The summed E-state index contributed by atoms with van der Waals surface area (Å²) in [5, 5.41) is 0. The maximum atomic E-state index is 12.9. The first-order chi connectivity index (χ1) is 36.5. The van der Waals surface area contributed by atoms with Crippen LogP contribution < -0.4 is 0 Å².